The van der Waals surface area contributed by atoms with Crippen molar-refractivity contribution in [3.8, 4) is 11.5 Å². The maximum absolute atomic E-state index is 5.98. The van der Waals surface area contributed by atoms with Gasteiger partial charge < -0.3 is 14.2 Å². The Hall–Kier alpha value is -0.640. The van der Waals surface area contributed by atoms with Gasteiger partial charge in [-0.15, -0.1) is 11.6 Å². The molecule has 0 aliphatic carbocycles. The van der Waals surface area contributed by atoms with Crippen LogP contribution in [0.3, 0.4) is 0 Å². The lowest BCUT2D eigenvalue weighted by Gasteiger charge is -2.09. The lowest BCUT2D eigenvalue weighted by Crippen LogP contribution is -2.08. The van der Waals surface area contributed by atoms with Crippen LogP contribution in [0, 0.1) is 0 Å². The smallest absolute Gasteiger partial charge is 0.138 e. The summed E-state index contributed by atoms with van der Waals surface area (Å²) in [5.74, 6) is 1.82. The molecule has 0 atom stereocenters. The van der Waals surface area contributed by atoms with Gasteiger partial charge in [-0.25, -0.2) is 0 Å². The molecule has 0 bridgehead atoms. The van der Waals surface area contributed by atoms with Crippen LogP contribution >= 0.6 is 23.2 Å². The zero-order chi connectivity index (χ0) is 11.8. The van der Waals surface area contributed by atoms with Crippen molar-refractivity contribution in [1.29, 1.82) is 0 Å². The summed E-state index contributed by atoms with van der Waals surface area (Å²) in [4.78, 5) is 0. The minimum atomic E-state index is 0.447. The summed E-state index contributed by atoms with van der Waals surface area (Å²) in [6, 6.07) is 5.26. The van der Waals surface area contributed by atoms with E-state index < -0.39 is 0 Å². The average Bonchev–Trinajstić information content (AvgIpc) is 2.30. The lowest BCUT2D eigenvalue weighted by atomic mass is 10.3. The molecule has 0 heterocycles. The summed E-state index contributed by atoms with van der Waals surface area (Å²) in [6.45, 7) is 1.47. The minimum Gasteiger partial charge on any atom is -0.497 e. The van der Waals surface area contributed by atoms with Gasteiger partial charge >= 0.3 is 0 Å². The van der Waals surface area contributed by atoms with Crippen LogP contribution < -0.4 is 9.47 Å². The first kappa shape index (κ1) is 13.4. The van der Waals surface area contributed by atoms with E-state index in [1.54, 1.807) is 25.3 Å². The van der Waals surface area contributed by atoms with Crippen LogP contribution in [0.1, 0.15) is 0 Å². The van der Waals surface area contributed by atoms with E-state index >= 15 is 0 Å². The van der Waals surface area contributed by atoms with E-state index in [2.05, 4.69) is 0 Å². The Morgan fingerprint density at radius 1 is 1.19 bits per heavy atom. The predicted molar refractivity (Wildman–Crippen MR) is 65.0 cm³/mol. The molecule has 0 spiro atoms. The van der Waals surface area contributed by atoms with Crippen LogP contribution in [0.5, 0.6) is 11.5 Å². The van der Waals surface area contributed by atoms with Crippen LogP contribution in [0.4, 0.5) is 0 Å². The number of hydrogen-bond donors (Lipinski definition) is 0. The third kappa shape index (κ3) is 4.47. The molecule has 0 saturated carbocycles. The van der Waals surface area contributed by atoms with E-state index in [1.807, 2.05) is 0 Å². The summed E-state index contributed by atoms with van der Waals surface area (Å²) in [5, 5.41) is 0.525. The third-order valence-corrected chi connectivity index (χ3v) is 2.30. The van der Waals surface area contributed by atoms with Crippen LogP contribution in [0.15, 0.2) is 18.2 Å². The molecule has 3 nitrogen and oxygen atoms in total. The Balaban J connectivity index is 2.36. The van der Waals surface area contributed by atoms with Crippen molar-refractivity contribution >= 4 is 23.2 Å². The van der Waals surface area contributed by atoms with Crippen LogP contribution in [-0.2, 0) is 4.74 Å². The summed E-state index contributed by atoms with van der Waals surface area (Å²) < 4.78 is 15.6. The number of rotatable bonds is 7. The first-order chi connectivity index (χ1) is 7.77. The highest BCUT2D eigenvalue weighted by Crippen LogP contribution is 2.28. The van der Waals surface area contributed by atoms with E-state index in [0.29, 0.717) is 42.2 Å². The number of alkyl halides is 1. The number of benzene rings is 1. The fourth-order valence-corrected chi connectivity index (χ4v) is 1.43. The summed E-state index contributed by atoms with van der Waals surface area (Å²) in [6.07, 6.45) is 0. The second-order valence-corrected chi connectivity index (χ2v) is 3.73. The predicted octanol–water partition coefficient (Wildman–Crippen LogP) is 2.98. The fraction of sp³-hybridized carbons (Fsp3) is 0.455. The van der Waals surface area contributed by atoms with Gasteiger partial charge in [0, 0.05) is 11.9 Å². The number of halogens is 2. The molecule has 0 aliphatic rings. The van der Waals surface area contributed by atoms with Gasteiger partial charge in [-0.05, 0) is 12.1 Å². The van der Waals surface area contributed by atoms with Crippen molar-refractivity contribution in [1.82, 2.24) is 0 Å². The molecule has 0 fully saturated rings. The average molecular weight is 265 g/mol. The SMILES string of the molecule is COc1ccc(OCCOCCCl)c(Cl)c1. The van der Waals surface area contributed by atoms with Gasteiger partial charge in [0.25, 0.3) is 0 Å². The van der Waals surface area contributed by atoms with Crippen molar-refractivity contribution in [3.63, 3.8) is 0 Å². The van der Waals surface area contributed by atoms with E-state index in [9.17, 15) is 0 Å². The molecular formula is C11H14Cl2O3. The highest BCUT2D eigenvalue weighted by atomic mass is 35.5. The third-order valence-electron chi connectivity index (χ3n) is 1.85. The normalized spacial score (nSPS) is 10.2. The van der Waals surface area contributed by atoms with E-state index in [-0.39, 0.29) is 0 Å². The summed E-state index contributed by atoms with van der Waals surface area (Å²) >= 11 is 11.4. The standard InChI is InChI=1S/C11H14Cl2O3/c1-14-9-2-3-11(10(13)8-9)16-7-6-15-5-4-12/h2-3,8H,4-7H2,1H3. The van der Waals surface area contributed by atoms with Crippen LogP contribution in [-0.4, -0.2) is 32.8 Å². The molecule has 5 heteroatoms. The molecule has 90 valence electrons. The molecular weight excluding hydrogens is 251 g/mol. The quantitative estimate of drug-likeness (QED) is 0.560. The first-order valence-electron chi connectivity index (χ1n) is 4.88. The first-order valence-corrected chi connectivity index (χ1v) is 5.79. The monoisotopic (exact) mass is 264 g/mol. The Labute approximate surface area is 105 Å². The van der Waals surface area contributed by atoms with Crippen LogP contribution in [0.2, 0.25) is 5.02 Å². The highest BCUT2D eigenvalue weighted by molar-refractivity contribution is 6.32. The maximum atomic E-state index is 5.98. The number of hydrogen-bond acceptors (Lipinski definition) is 3. The molecule has 0 amide bonds. The van der Waals surface area contributed by atoms with E-state index in [4.69, 9.17) is 37.4 Å². The molecule has 0 saturated heterocycles. The molecule has 0 unspecified atom stereocenters. The van der Waals surface area contributed by atoms with Gasteiger partial charge in [-0.1, -0.05) is 11.6 Å². The van der Waals surface area contributed by atoms with Crippen molar-refractivity contribution in [2.75, 3.05) is 32.8 Å². The summed E-state index contributed by atoms with van der Waals surface area (Å²) in [7, 11) is 1.59. The van der Waals surface area contributed by atoms with Gasteiger partial charge in [0.15, 0.2) is 0 Å². The molecule has 0 aromatic heterocycles. The zero-order valence-electron chi connectivity index (χ0n) is 9.04. The molecule has 0 N–H and O–H groups in total. The topological polar surface area (TPSA) is 27.7 Å². The van der Waals surface area contributed by atoms with Gasteiger partial charge in [0.2, 0.25) is 0 Å². The largest absolute Gasteiger partial charge is 0.497 e. The highest BCUT2D eigenvalue weighted by Gasteiger charge is 2.02. The molecule has 1 aromatic rings. The zero-order valence-corrected chi connectivity index (χ0v) is 10.6. The van der Waals surface area contributed by atoms with Gasteiger partial charge in [-0.3, -0.25) is 0 Å². The molecule has 16 heavy (non-hydrogen) atoms. The molecule has 1 aromatic carbocycles. The van der Waals surface area contributed by atoms with Crippen molar-refractivity contribution in [2.24, 2.45) is 0 Å². The number of methoxy groups -OCH3 is 1. The van der Waals surface area contributed by atoms with Crippen LogP contribution in [0.25, 0.3) is 0 Å². The second kappa shape index (κ2) is 7.60. The second-order valence-electron chi connectivity index (χ2n) is 2.95. The molecule has 0 aliphatic heterocycles. The Morgan fingerprint density at radius 3 is 2.62 bits per heavy atom. The Morgan fingerprint density at radius 2 is 2.00 bits per heavy atom. The van der Waals surface area contributed by atoms with E-state index in [1.165, 1.54) is 0 Å². The number of ether oxygens (including phenoxy) is 3. The summed E-state index contributed by atoms with van der Waals surface area (Å²) in [5.41, 5.74) is 0. The minimum absolute atomic E-state index is 0.447. The lowest BCUT2D eigenvalue weighted by molar-refractivity contribution is 0.111. The Bertz CT molecular complexity index is 318. The fourth-order valence-electron chi connectivity index (χ4n) is 1.09. The maximum Gasteiger partial charge on any atom is 0.138 e. The molecule has 1 rings (SSSR count). The van der Waals surface area contributed by atoms with Crippen molar-refractivity contribution in [3.05, 3.63) is 23.2 Å². The molecule has 0 radical (unpaired) electrons. The van der Waals surface area contributed by atoms with Gasteiger partial charge in [-0.2, -0.15) is 0 Å². The van der Waals surface area contributed by atoms with Crippen molar-refractivity contribution < 1.29 is 14.2 Å². The van der Waals surface area contributed by atoms with Gasteiger partial charge in [0.05, 0.1) is 25.3 Å². The Kier molecular flexibility index (Phi) is 6.38. The van der Waals surface area contributed by atoms with E-state index in [0.717, 1.165) is 0 Å². The van der Waals surface area contributed by atoms with Gasteiger partial charge in [0.1, 0.15) is 18.1 Å². The van der Waals surface area contributed by atoms with Crippen molar-refractivity contribution in [2.45, 2.75) is 0 Å².